The van der Waals surface area contributed by atoms with Gasteiger partial charge in [-0.15, -0.1) is 0 Å². The highest BCUT2D eigenvalue weighted by molar-refractivity contribution is 6.98. The lowest BCUT2D eigenvalue weighted by atomic mass is 9.42. The van der Waals surface area contributed by atoms with Crippen LogP contribution in [0.25, 0.3) is 77.6 Å². The predicted octanol–water partition coefficient (Wildman–Crippen LogP) is 10.7. The molecule has 0 saturated carbocycles. The van der Waals surface area contributed by atoms with Gasteiger partial charge in [-0.1, -0.05) is 139 Å². The van der Waals surface area contributed by atoms with Crippen LogP contribution in [-0.2, 0) is 0 Å². The van der Waals surface area contributed by atoms with Crippen LogP contribution in [0.2, 0.25) is 0 Å². The van der Waals surface area contributed by atoms with Crippen LogP contribution in [0.15, 0.2) is 218 Å². The van der Waals surface area contributed by atoms with E-state index < -0.39 is 0 Å². The summed E-state index contributed by atoms with van der Waals surface area (Å²) in [6.07, 6.45) is 23.8. The molecular weight excluding hydrogens is 740 g/mol. The van der Waals surface area contributed by atoms with Crippen LogP contribution in [0, 0.1) is 0 Å². The Morgan fingerprint density at radius 2 is 0.934 bits per heavy atom. The molecule has 282 valence electrons. The van der Waals surface area contributed by atoms with Crippen molar-refractivity contribution in [2.24, 2.45) is 4.99 Å². The fourth-order valence-corrected chi connectivity index (χ4v) is 10.5. The summed E-state index contributed by atoms with van der Waals surface area (Å²) in [5.41, 5.74) is 15.8. The van der Waals surface area contributed by atoms with Gasteiger partial charge in [-0.3, -0.25) is 4.99 Å². The summed E-state index contributed by atoms with van der Waals surface area (Å²) >= 11 is 0. The van der Waals surface area contributed by atoms with E-state index in [9.17, 15) is 0 Å². The van der Waals surface area contributed by atoms with Gasteiger partial charge in [0.05, 0.1) is 11.0 Å². The second-order valence-electron chi connectivity index (χ2n) is 16.4. The zero-order chi connectivity index (χ0) is 40.0. The average molecular weight is 776 g/mol. The fourth-order valence-electron chi connectivity index (χ4n) is 10.5. The second-order valence-corrected chi connectivity index (χ2v) is 16.4. The molecule has 0 spiro atoms. The number of aromatic nitrogens is 1. The zero-order valence-electron chi connectivity index (χ0n) is 33.3. The molecule has 6 nitrogen and oxygen atoms in total. The Kier molecular flexibility index (Phi) is 7.58. The van der Waals surface area contributed by atoms with Gasteiger partial charge in [-0.25, -0.2) is 0 Å². The maximum Gasteiger partial charge on any atom is 0.399 e. The van der Waals surface area contributed by atoms with Crippen molar-refractivity contribution in [2.75, 3.05) is 0 Å². The maximum absolute atomic E-state index is 4.61. The predicted molar refractivity (Wildman–Crippen MR) is 258 cm³/mol. The minimum absolute atomic E-state index is 0.00679. The molecule has 0 N–H and O–H groups in total. The molecule has 7 aromatic rings. The van der Waals surface area contributed by atoms with E-state index in [0.717, 1.165) is 5.69 Å². The molecule has 1 aromatic heterocycles. The summed E-state index contributed by atoms with van der Waals surface area (Å²) < 4.78 is 12.2. The van der Waals surface area contributed by atoms with Crippen LogP contribution >= 0.6 is 0 Å². The van der Waals surface area contributed by atoms with E-state index in [-0.39, 0.29) is 27.9 Å². The molecule has 0 atom stereocenters. The Morgan fingerprint density at radius 3 is 1.62 bits per heavy atom. The quantitative estimate of drug-likeness (QED) is 0.164. The summed E-state index contributed by atoms with van der Waals surface area (Å²) in [7, 11) is 0. The number of para-hydroxylation sites is 2. The summed E-state index contributed by atoms with van der Waals surface area (Å²) in [6, 6.07) is 49.6. The normalized spacial score (nSPS) is 16.6. The summed E-state index contributed by atoms with van der Waals surface area (Å²) in [6.45, 7) is -0.0500. The molecule has 6 heterocycles. The van der Waals surface area contributed by atoms with E-state index in [4.69, 9.17) is 0 Å². The zero-order valence-corrected chi connectivity index (χ0v) is 33.3. The average Bonchev–Trinajstić information content (AvgIpc) is 3.67. The van der Waals surface area contributed by atoms with Crippen molar-refractivity contribution < 1.29 is 0 Å². The highest BCUT2D eigenvalue weighted by Gasteiger charge is 2.50. The molecule has 1 aliphatic carbocycles. The Balaban J connectivity index is 0.959. The van der Waals surface area contributed by atoms with Gasteiger partial charge >= 0.3 is 27.9 Å². The first-order valence-corrected chi connectivity index (χ1v) is 21.1. The van der Waals surface area contributed by atoms with Gasteiger partial charge in [-0.2, -0.15) is 0 Å². The molecule has 61 heavy (non-hydrogen) atoms. The molecule has 10 heteroatoms. The van der Waals surface area contributed by atoms with E-state index in [1.54, 1.807) is 0 Å². The Bertz CT molecular complexity index is 3160. The lowest BCUT2D eigenvalue weighted by Gasteiger charge is -2.53. The highest BCUT2D eigenvalue weighted by atomic mass is 15.3. The fraction of sp³-hybridized carbons (Fsp3) is 0. The van der Waals surface area contributed by atoms with Crippen molar-refractivity contribution in [1.29, 1.82) is 0 Å². The van der Waals surface area contributed by atoms with Crippen LogP contribution in [0.5, 0.6) is 0 Å². The number of hydrogen-bond donors (Lipinski definition) is 0. The summed E-state index contributed by atoms with van der Waals surface area (Å²) in [5.74, 6) is 6.94. The van der Waals surface area contributed by atoms with Crippen LogP contribution < -0.4 is 0 Å². The van der Waals surface area contributed by atoms with Crippen molar-refractivity contribution in [3.05, 3.63) is 218 Å². The van der Waals surface area contributed by atoms with Crippen molar-refractivity contribution in [3.63, 3.8) is 0 Å². The van der Waals surface area contributed by atoms with Gasteiger partial charge < -0.3 is 23.5 Å². The maximum atomic E-state index is 4.61. The van der Waals surface area contributed by atoms with Gasteiger partial charge in [0.15, 0.2) is 0 Å². The lowest BCUT2D eigenvalue weighted by molar-refractivity contribution is 0.626. The number of nitrogens with zero attached hydrogens (tertiary/aromatic N) is 6. The number of aliphatic imine (C=N–C) groups is 1. The third kappa shape index (κ3) is 5.18. The van der Waals surface area contributed by atoms with Gasteiger partial charge in [0.1, 0.15) is 0 Å². The lowest BCUT2D eigenvalue weighted by Crippen LogP contribution is -2.74. The van der Waals surface area contributed by atoms with Crippen LogP contribution in [0.1, 0.15) is 5.56 Å². The molecule has 0 radical (unpaired) electrons. The molecule has 1 fully saturated rings. The first-order valence-electron chi connectivity index (χ1n) is 21.1. The number of benzene rings is 6. The second kappa shape index (κ2) is 13.5. The largest absolute Gasteiger partial charge is 0.423 e. The molecule has 6 aromatic carbocycles. The van der Waals surface area contributed by atoms with E-state index in [1.165, 1.54) is 77.5 Å². The highest BCUT2D eigenvalue weighted by Crippen LogP contribution is 2.49. The van der Waals surface area contributed by atoms with Crippen molar-refractivity contribution in [2.45, 2.75) is 0 Å². The Hall–Kier alpha value is -7.57. The number of fused-ring (bicyclic) bond motifs is 19. The first-order chi connectivity index (χ1) is 30.3. The molecule has 13 rings (SSSR count). The van der Waals surface area contributed by atoms with Crippen molar-refractivity contribution >= 4 is 61.4 Å². The van der Waals surface area contributed by atoms with E-state index in [1.807, 2.05) is 6.20 Å². The Morgan fingerprint density at radius 1 is 0.410 bits per heavy atom. The van der Waals surface area contributed by atoms with Crippen LogP contribution in [-0.4, -0.2) is 57.5 Å². The Labute approximate surface area is 356 Å². The summed E-state index contributed by atoms with van der Waals surface area (Å²) in [5, 5.41) is 2.53. The molecule has 0 bridgehead atoms. The van der Waals surface area contributed by atoms with Crippen molar-refractivity contribution in [3.8, 4) is 50.2 Å². The molecule has 0 unspecified atom stereocenters. The third-order valence-corrected chi connectivity index (χ3v) is 13.2. The SMILES string of the molecule is C1=CB2N3C=CN=CB3N3C=CC=CB3N3C=C(c4ccc5c(c4)-c4ccccc4-c4ccc(-n6c7ccccc7c7ccccc76)cc4-c4ccccc4-5)C=CB3N2C=C1. The molecule has 1 saturated heterocycles. The molecular formula is C51H36B4N6. The van der Waals surface area contributed by atoms with E-state index >= 15 is 0 Å². The number of hydrogen-bond acceptors (Lipinski definition) is 5. The van der Waals surface area contributed by atoms with Gasteiger partial charge in [0, 0.05) is 28.8 Å². The molecule has 6 aliphatic rings. The number of rotatable bonds is 2. The molecule has 5 aliphatic heterocycles. The molecule has 0 amide bonds. The van der Waals surface area contributed by atoms with Gasteiger partial charge in [-0.05, 0) is 123 Å². The van der Waals surface area contributed by atoms with Crippen LogP contribution in [0.3, 0.4) is 0 Å². The van der Waals surface area contributed by atoms with E-state index in [0.29, 0.717) is 0 Å². The minimum Gasteiger partial charge on any atom is -0.423 e. The smallest absolute Gasteiger partial charge is 0.399 e. The monoisotopic (exact) mass is 776 g/mol. The first kappa shape index (κ1) is 34.3. The van der Waals surface area contributed by atoms with Crippen LogP contribution in [0.4, 0.5) is 0 Å². The van der Waals surface area contributed by atoms with E-state index in [2.05, 4.69) is 241 Å². The van der Waals surface area contributed by atoms with Crippen molar-refractivity contribution in [1.82, 2.24) is 23.5 Å². The topological polar surface area (TPSA) is 30.2 Å². The van der Waals surface area contributed by atoms with Gasteiger partial charge in [0.25, 0.3) is 0 Å². The number of allylic oxidation sites excluding steroid dienone is 6. The third-order valence-electron chi connectivity index (χ3n) is 13.2. The van der Waals surface area contributed by atoms with Gasteiger partial charge in [0.2, 0.25) is 0 Å². The minimum atomic E-state index is -0.0440. The summed E-state index contributed by atoms with van der Waals surface area (Å²) in [4.78, 5) is 4.61. The standard InChI is InChI=1S/C51H36B4N6/c1-3-15-42-40(13-1)45-24-22-39(61-50-19-7-5-17-46(50)47-18-6-8-20-51(47)61)34-49(45)43-16-4-2-14-41(43)44-23-21-37(33-48(42)44)38-25-28-54-57-30-11-9-26-52(57)59-32-29-56-36-55(59)58-31-12-10-27-53(58)60(54)35-38/h1-36H.